The minimum atomic E-state index is 0.890. The third-order valence-corrected chi connectivity index (χ3v) is 4.63. The first-order valence-electron chi connectivity index (χ1n) is 6.07. The molecule has 19 heavy (non-hydrogen) atoms. The number of thiocarbonyl (C=S) groups is 1. The molecule has 0 unspecified atom stereocenters. The average molecular weight is 283 g/mol. The molecule has 94 valence electrons. The van der Waals surface area contributed by atoms with Crippen molar-refractivity contribution < 1.29 is 0 Å². The van der Waals surface area contributed by atoms with Gasteiger partial charge in [0.1, 0.15) is 4.32 Å². The summed E-state index contributed by atoms with van der Waals surface area (Å²) in [6, 6.07) is 18.7. The van der Waals surface area contributed by atoms with Crippen molar-refractivity contribution >= 4 is 45.0 Å². The number of rotatable bonds is 1. The molecule has 0 bridgehead atoms. The van der Waals surface area contributed by atoms with Crippen LogP contribution in [0.2, 0.25) is 0 Å². The highest BCUT2D eigenvalue weighted by atomic mass is 32.2. The number of para-hydroxylation sites is 1. The molecule has 2 aromatic carbocycles. The first-order valence-corrected chi connectivity index (χ1v) is 7.30. The number of nitrogens with zero attached hydrogens (tertiary/aromatic N) is 1. The second-order valence-corrected chi connectivity index (χ2v) is 6.04. The first kappa shape index (κ1) is 12.5. The molecule has 0 spiro atoms. The molecule has 0 amide bonds. The SMILES string of the molecule is CN1C(=S)S/C(=C\c2ccccc2)c2ccccc21. The van der Waals surface area contributed by atoms with Crippen LogP contribution in [0.25, 0.3) is 11.0 Å². The minimum absolute atomic E-state index is 0.890. The van der Waals surface area contributed by atoms with Crippen molar-refractivity contribution in [2.24, 2.45) is 0 Å². The summed E-state index contributed by atoms with van der Waals surface area (Å²) in [5, 5.41) is 0. The Hall–Kier alpha value is -1.58. The van der Waals surface area contributed by atoms with Crippen molar-refractivity contribution in [3.8, 4) is 0 Å². The Morgan fingerprint density at radius 1 is 1.00 bits per heavy atom. The summed E-state index contributed by atoms with van der Waals surface area (Å²) in [6.07, 6.45) is 2.20. The van der Waals surface area contributed by atoms with E-state index in [2.05, 4.69) is 53.4 Å². The fourth-order valence-electron chi connectivity index (χ4n) is 2.10. The van der Waals surface area contributed by atoms with Crippen LogP contribution in [0.4, 0.5) is 5.69 Å². The molecule has 0 radical (unpaired) electrons. The summed E-state index contributed by atoms with van der Waals surface area (Å²) < 4.78 is 0.890. The number of anilines is 1. The third-order valence-electron chi connectivity index (χ3n) is 3.10. The van der Waals surface area contributed by atoms with Crippen LogP contribution in [0.3, 0.4) is 0 Å². The molecule has 0 saturated heterocycles. The number of hydrogen-bond acceptors (Lipinski definition) is 2. The van der Waals surface area contributed by atoms with E-state index in [-0.39, 0.29) is 0 Å². The van der Waals surface area contributed by atoms with E-state index in [0.29, 0.717) is 0 Å². The van der Waals surface area contributed by atoms with E-state index in [9.17, 15) is 0 Å². The minimum Gasteiger partial charge on any atom is -0.330 e. The van der Waals surface area contributed by atoms with Crippen molar-refractivity contribution in [2.45, 2.75) is 0 Å². The molecule has 3 heteroatoms. The van der Waals surface area contributed by atoms with Gasteiger partial charge >= 0.3 is 0 Å². The fourth-order valence-corrected chi connectivity index (χ4v) is 3.37. The van der Waals surface area contributed by atoms with Crippen LogP contribution in [0.15, 0.2) is 54.6 Å². The second kappa shape index (κ2) is 5.19. The van der Waals surface area contributed by atoms with Gasteiger partial charge < -0.3 is 4.90 Å². The molecule has 1 heterocycles. The van der Waals surface area contributed by atoms with Gasteiger partial charge in [-0.2, -0.15) is 0 Å². The number of hydrogen-bond donors (Lipinski definition) is 0. The lowest BCUT2D eigenvalue weighted by atomic mass is 10.1. The molecule has 1 aliphatic heterocycles. The Kier molecular flexibility index (Phi) is 3.40. The summed E-state index contributed by atoms with van der Waals surface area (Å²) in [6.45, 7) is 0. The Morgan fingerprint density at radius 3 is 2.47 bits per heavy atom. The zero-order valence-electron chi connectivity index (χ0n) is 10.5. The standard InChI is InChI=1S/C16H13NS2/c1-17-14-10-6-5-9-13(14)15(19-16(17)18)11-12-7-3-2-4-8-12/h2-11H,1H3/b15-11-. The smallest absolute Gasteiger partial charge is 0.145 e. The van der Waals surface area contributed by atoms with Gasteiger partial charge in [-0.05, 0) is 17.7 Å². The average Bonchev–Trinajstić information content (AvgIpc) is 2.46. The first-order chi connectivity index (χ1) is 9.25. The van der Waals surface area contributed by atoms with E-state index in [0.717, 1.165) is 4.32 Å². The highest BCUT2D eigenvalue weighted by Gasteiger charge is 2.22. The summed E-state index contributed by atoms with van der Waals surface area (Å²) in [5.74, 6) is 0. The van der Waals surface area contributed by atoms with Crippen molar-refractivity contribution in [3.05, 3.63) is 65.7 Å². The number of fused-ring (bicyclic) bond motifs is 1. The predicted octanol–water partition coefficient (Wildman–Crippen LogP) is 4.65. The van der Waals surface area contributed by atoms with Crippen LogP contribution in [0.1, 0.15) is 11.1 Å². The fraction of sp³-hybridized carbons (Fsp3) is 0.0625. The Morgan fingerprint density at radius 2 is 1.68 bits per heavy atom. The summed E-state index contributed by atoms with van der Waals surface area (Å²) in [7, 11) is 2.02. The monoisotopic (exact) mass is 283 g/mol. The lowest BCUT2D eigenvalue weighted by Crippen LogP contribution is -2.25. The van der Waals surface area contributed by atoms with Gasteiger partial charge in [0.05, 0.1) is 5.69 Å². The molecular weight excluding hydrogens is 270 g/mol. The second-order valence-electron chi connectivity index (χ2n) is 4.36. The van der Waals surface area contributed by atoms with Crippen LogP contribution >= 0.6 is 24.0 Å². The van der Waals surface area contributed by atoms with Crippen molar-refractivity contribution in [1.29, 1.82) is 0 Å². The molecule has 1 aliphatic rings. The molecule has 0 aliphatic carbocycles. The maximum atomic E-state index is 5.45. The predicted molar refractivity (Wildman–Crippen MR) is 89.3 cm³/mol. The third kappa shape index (κ3) is 2.44. The molecule has 2 aromatic rings. The highest BCUT2D eigenvalue weighted by Crippen LogP contribution is 2.42. The van der Waals surface area contributed by atoms with E-state index in [1.165, 1.54) is 21.7 Å². The van der Waals surface area contributed by atoms with E-state index < -0.39 is 0 Å². The van der Waals surface area contributed by atoms with Gasteiger partial charge in [-0.3, -0.25) is 0 Å². The molecule has 0 atom stereocenters. The summed E-state index contributed by atoms with van der Waals surface area (Å²) >= 11 is 7.10. The van der Waals surface area contributed by atoms with Gasteiger partial charge in [0.2, 0.25) is 0 Å². The maximum Gasteiger partial charge on any atom is 0.145 e. The van der Waals surface area contributed by atoms with Gasteiger partial charge in [-0.25, -0.2) is 0 Å². The zero-order chi connectivity index (χ0) is 13.2. The zero-order valence-corrected chi connectivity index (χ0v) is 12.2. The lowest BCUT2D eigenvalue weighted by molar-refractivity contribution is 1.30. The Balaban J connectivity index is 2.11. The van der Waals surface area contributed by atoms with Crippen LogP contribution in [0, 0.1) is 0 Å². The van der Waals surface area contributed by atoms with Crippen molar-refractivity contribution in [3.63, 3.8) is 0 Å². The maximum absolute atomic E-state index is 5.45. The molecule has 3 rings (SSSR count). The van der Waals surface area contributed by atoms with Crippen LogP contribution < -0.4 is 4.90 Å². The molecule has 1 nitrogen and oxygen atoms in total. The summed E-state index contributed by atoms with van der Waals surface area (Å²) in [5.41, 5.74) is 3.62. The van der Waals surface area contributed by atoms with Crippen molar-refractivity contribution in [2.75, 3.05) is 11.9 Å². The van der Waals surface area contributed by atoms with Crippen LogP contribution in [0.5, 0.6) is 0 Å². The van der Waals surface area contributed by atoms with Gasteiger partial charge in [-0.1, -0.05) is 72.5 Å². The van der Waals surface area contributed by atoms with Crippen LogP contribution in [-0.4, -0.2) is 11.4 Å². The van der Waals surface area contributed by atoms with E-state index in [1.54, 1.807) is 11.8 Å². The van der Waals surface area contributed by atoms with Crippen molar-refractivity contribution in [1.82, 2.24) is 0 Å². The quantitative estimate of drug-likeness (QED) is 0.701. The molecular formula is C16H13NS2. The van der Waals surface area contributed by atoms with Gasteiger partial charge in [0.15, 0.2) is 0 Å². The largest absolute Gasteiger partial charge is 0.330 e. The Labute approximate surface area is 122 Å². The number of benzene rings is 2. The Bertz CT molecular complexity index is 647. The summed E-state index contributed by atoms with van der Waals surface area (Å²) in [4.78, 5) is 3.28. The van der Waals surface area contributed by atoms with E-state index >= 15 is 0 Å². The van der Waals surface area contributed by atoms with Crippen LogP contribution in [-0.2, 0) is 0 Å². The highest BCUT2D eigenvalue weighted by molar-refractivity contribution is 8.29. The molecule has 0 aromatic heterocycles. The topological polar surface area (TPSA) is 3.24 Å². The normalized spacial score (nSPS) is 16.6. The molecule has 0 N–H and O–H groups in total. The van der Waals surface area contributed by atoms with Gasteiger partial charge in [0.25, 0.3) is 0 Å². The molecule has 0 saturated carbocycles. The van der Waals surface area contributed by atoms with E-state index in [1.807, 2.05) is 19.2 Å². The lowest BCUT2D eigenvalue weighted by Gasteiger charge is -2.29. The number of thioether (sulfide) groups is 1. The molecule has 0 fully saturated rings. The van der Waals surface area contributed by atoms with E-state index in [4.69, 9.17) is 12.2 Å². The van der Waals surface area contributed by atoms with Gasteiger partial charge in [0, 0.05) is 17.5 Å². The van der Waals surface area contributed by atoms with Gasteiger partial charge in [-0.15, -0.1) is 0 Å².